The summed E-state index contributed by atoms with van der Waals surface area (Å²) in [5.74, 6) is 1.95. The summed E-state index contributed by atoms with van der Waals surface area (Å²) in [4.78, 5) is 0. The van der Waals surface area contributed by atoms with Gasteiger partial charge in [-0.2, -0.15) is 0 Å². The minimum Gasteiger partial charge on any atom is -0.496 e. The van der Waals surface area contributed by atoms with Crippen molar-refractivity contribution in [3.63, 3.8) is 0 Å². The smallest absolute Gasteiger partial charge is 0.135 e. The van der Waals surface area contributed by atoms with Crippen molar-refractivity contribution in [1.29, 1.82) is 0 Å². The van der Waals surface area contributed by atoms with Crippen molar-refractivity contribution < 1.29 is 9.47 Å². The third kappa shape index (κ3) is 2.79. The molecule has 0 saturated heterocycles. The number of ether oxygens (including phenoxy) is 2. The molecular formula is C29H24O2. The van der Waals surface area contributed by atoms with Gasteiger partial charge >= 0.3 is 0 Å². The lowest BCUT2D eigenvalue weighted by atomic mass is 9.85. The largest absolute Gasteiger partial charge is 0.496 e. The van der Waals surface area contributed by atoms with Gasteiger partial charge in [0, 0.05) is 10.9 Å². The van der Waals surface area contributed by atoms with Crippen LogP contribution in [0, 0.1) is 6.92 Å². The van der Waals surface area contributed by atoms with Crippen LogP contribution in [0.15, 0.2) is 60.7 Å². The van der Waals surface area contributed by atoms with Crippen molar-refractivity contribution in [2.75, 3.05) is 13.7 Å². The summed E-state index contributed by atoms with van der Waals surface area (Å²) >= 11 is 0. The Kier molecular flexibility index (Phi) is 4.14. The molecular weight excluding hydrogens is 380 g/mol. The number of fused-ring (bicyclic) bond motifs is 8. The summed E-state index contributed by atoms with van der Waals surface area (Å²) in [6, 6.07) is 17.8. The molecule has 0 N–H and O–H groups in total. The van der Waals surface area contributed by atoms with E-state index in [2.05, 4.69) is 79.8 Å². The highest BCUT2D eigenvalue weighted by Gasteiger charge is 2.20. The Morgan fingerprint density at radius 2 is 1.68 bits per heavy atom. The minimum absolute atomic E-state index is 0.633. The van der Waals surface area contributed by atoms with E-state index >= 15 is 0 Å². The summed E-state index contributed by atoms with van der Waals surface area (Å²) < 4.78 is 11.6. The first-order chi connectivity index (χ1) is 15.2. The molecule has 1 aliphatic heterocycles. The predicted octanol–water partition coefficient (Wildman–Crippen LogP) is 7.34. The fourth-order valence-electron chi connectivity index (χ4n) is 5.13. The number of hydrogen-bond donors (Lipinski definition) is 0. The molecule has 0 aromatic heterocycles. The van der Waals surface area contributed by atoms with E-state index in [1.165, 1.54) is 49.4 Å². The van der Waals surface area contributed by atoms with Gasteiger partial charge in [0.05, 0.1) is 7.11 Å². The second-order valence-corrected chi connectivity index (χ2v) is 8.40. The van der Waals surface area contributed by atoms with Crippen molar-refractivity contribution in [2.24, 2.45) is 0 Å². The van der Waals surface area contributed by atoms with Crippen LogP contribution in [0.1, 0.15) is 28.7 Å². The molecule has 152 valence electrons. The molecule has 2 heteroatoms. The Labute approximate surface area is 182 Å². The van der Waals surface area contributed by atoms with Gasteiger partial charge in [-0.1, -0.05) is 42.5 Å². The Bertz CT molecular complexity index is 1420. The summed E-state index contributed by atoms with van der Waals surface area (Å²) in [5.41, 5.74) is 7.55. The van der Waals surface area contributed by atoms with E-state index in [1.54, 1.807) is 7.11 Å². The van der Waals surface area contributed by atoms with Crippen LogP contribution in [-0.2, 0) is 6.42 Å². The zero-order chi connectivity index (χ0) is 20.9. The summed E-state index contributed by atoms with van der Waals surface area (Å²) in [7, 11) is 1.72. The van der Waals surface area contributed by atoms with Crippen molar-refractivity contribution in [3.05, 3.63) is 82.9 Å². The second-order valence-electron chi connectivity index (χ2n) is 8.40. The molecule has 4 aromatic rings. The fourth-order valence-corrected chi connectivity index (χ4v) is 5.13. The van der Waals surface area contributed by atoms with Gasteiger partial charge in [0.1, 0.15) is 18.1 Å². The topological polar surface area (TPSA) is 18.5 Å². The lowest BCUT2D eigenvalue weighted by Crippen LogP contribution is -2.04. The number of benzene rings is 4. The van der Waals surface area contributed by atoms with Gasteiger partial charge in [-0.15, -0.1) is 0 Å². The highest BCUT2D eigenvalue weighted by Crippen LogP contribution is 2.44. The first kappa shape index (κ1) is 18.3. The highest BCUT2D eigenvalue weighted by atomic mass is 16.5. The lowest BCUT2D eigenvalue weighted by molar-refractivity contribution is 0.363. The number of rotatable bonds is 2. The monoisotopic (exact) mass is 404 g/mol. The van der Waals surface area contributed by atoms with Crippen LogP contribution in [0.2, 0.25) is 0 Å². The molecule has 2 nitrogen and oxygen atoms in total. The van der Waals surface area contributed by atoms with E-state index < -0.39 is 0 Å². The number of hydrogen-bond acceptors (Lipinski definition) is 2. The van der Waals surface area contributed by atoms with E-state index in [0.29, 0.717) is 6.61 Å². The maximum Gasteiger partial charge on any atom is 0.135 e. The SMILES string of the molecule is COc1ccc(-c2ccc3c4c(c5ccc6c(c5c3c2)CCC=C6)OCC=C4)cc1C. The number of aryl methyl sites for hydroxylation is 2. The highest BCUT2D eigenvalue weighted by molar-refractivity contribution is 6.17. The lowest BCUT2D eigenvalue weighted by Gasteiger charge is -2.22. The molecule has 4 aromatic carbocycles. The van der Waals surface area contributed by atoms with Gasteiger partial charge in [0.2, 0.25) is 0 Å². The van der Waals surface area contributed by atoms with Crippen LogP contribution >= 0.6 is 0 Å². The Hall–Kier alpha value is -3.52. The molecule has 6 rings (SSSR count). The third-order valence-electron chi connectivity index (χ3n) is 6.61. The third-order valence-corrected chi connectivity index (χ3v) is 6.61. The molecule has 0 saturated carbocycles. The van der Waals surface area contributed by atoms with Crippen LogP contribution in [0.4, 0.5) is 0 Å². The predicted molar refractivity (Wildman–Crippen MR) is 130 cm³/mol. The zero-order valence-electron chi connectivity index (χ0n) is 17.9. The second kappa shape index (κ2) is 7.02. The maximum atomic E-state index is 6.17. The maximum absolute atomic E-state index is 6.17. The number of methoxy groups -OCH3 is 1. The summed E-state index contributed by atoms with van der Waals surface area (Å²) in [6.45, 7) is 2.73. The van der Waals surface area contributed by atoms with Crippen LogP contribution in [0.3, 0.4) is 0 Å². The van der Waals surface area contributed by atoms with Crippen molar-refractivity contribution in [3.8, 4) is 22.6 Å². The molecule has 0 unspecified atom stereocenters. The Morgan fingerprint density at radius 3 is 2.55 bits per heavy atom. The van der Waals surface area contributed by atoms with Gasteiger partial charge in [0.25, 0.3) is 0 Å². The van der Waals surface area contributed by atoms with E-state index in [9.17, 15) is 0 Å². The van der Waals surface area contributed by atoms with E-state index in [0.717, 1.165) is 29.9 Å². The summed E-state index contributed by atoms with van der Waals surface area (Å²) in [6.07, 6.45) is 11.0. The normalized spacial score (nSPS) is 14.4. The Balaban J connectivity index is 1.70. The standard InChI is InChI=1S/C29H24O2/c1-18-16-20(11-14-27(18)30-2)21-10-12-23-24-8-5-15-31-29(24)25-13-9-19-6-3-4-7-22(19)28(25)26(23)17-21/h3,5-6,8-14,16-17H,4,7,15H2,1-2H3. The average molecular weight is 405 g/mol. The molecule has 0 fully saturated rings. The molecule has 0 radical (unpaired) electrons. The van der Waals surface area contributed by atoms with E-state index in [4.69, 9.17) is 9.47 Å². The quantitative estimate of drug-likeness (QED) is 0.325. The van der Waals surface area contributed by atoms with Crippen molar-refractivity contribution >= 4 is 33.7 Å². The first-order valence-corrected chi connectivity index (χ1v) is 10.9. The molecule has 0 bridgehead atoms. The van der Waals surface area contributed by atoms with Crippen molar-refractivity contribution in [2.45, 2.75) is 19.8 Å². The molecule has 2 aliphatic rings. The van der Waals surface area contributed by atoms with Crippen LogP contribution in [0.25, 0.3) is 44.8 Å². The van der Waals surface area contributed by atoms with Gasteiger partial charge in [0.15, 0.2) is 0 Å². The molecule has 0 amide bonds. The van der Waals surface area contributed by atoms with E-state index in [1.807, 2.05) is 0 Å². The average Bonchev–Trinajstić information content (AvgIpc) is 2.83. The van der Waals surface area contributed by atoms with Crippen LogP contribution in [0.5, 0.6) is 11.5 Å². The summed E-state index contributed by atoms with van der Waals surface area (Å²) in [5, 5.41) is 5.14. The molecule has 0 atom stereocenters. The number of allylic oxidation sites excluding steroid dienone is 1. The van der Waals surface area contributed by atoms with Crippen LogP contribution < -0.4 is 9.47 Å². The Morgan fingerprint density at radius 1 is 0.839 bits per heavy atom. The van der Waals surface area contributed by atoms with E-state index in [-0.39, 0.29) is 0 Å². The van der Waals surface area contributed by atoms with Gasteiger partial charge in [-0.25, -0.2) is 0 Å². The molecule has 0 spiro atoms. The van der Waals surface area contributed by atoms with Gasteiger partial charge < -0.3 is 9.47 Å². The van der Waals surface area contributed by atoms with Gasteiger partial charge in [-0.05, 0) is 94.1 Å². The van der Waals surface area contributed by atoms with Crippen LogP contribution in [-0.4, -0.2) is 13.7 Å². The first-order valence-electron chi connectivity index (χ1n) is 10.9. The molecule has 31 heavy (non-hydrogen) atoms. The minimum atomic E-state index is 0.633. The fraction of sp³-hybridized carbons (Fsp3) is 0.172. The van der Waals surface area contributed by atoms with Gasteiger partial charge in [-0.3, -0.25) is 0 Å². The molecule has 1 aliphatic carbocycles. The molecule has 1 heterocycles. The van der Waals surface area contributed by atoms with Crippen molar-refractivity contribution in [1.82, 2.24) is 0 Å². The zero-order valence-corrected chi connectivity index (χ0v) is 17.9.